The fourth-order valence-corrected chi connectivity index (χ4v) is 4.55. The van der Waals surface area contributed by atoms with E-state index in [9.17, 15) is 14.0 Å². The minimum atomic E-state index is -0.739. The van der Waals surface area contributed by atoms with Crippen molar-refractivity contribution < 1.29 is 28.2 Å². The van der Waals surface area contributed by atoms with Gasteiger partial charge in [0.05, 0.1) is 32.8 Å². The number of carbonyl (C=O) groups excluding carboxylic acids is 2. The average Bonchev–Trinajstić information content (AvgIpc) is 2.83. The van der Waals surface area contributed by atoms with Crippen LogP contribution in [0.4, 0.5) is 10.1 Å². The Labute approximate surface area is 191 Å². The molecule has 1 heterocycles. The molecule has 1 aliphatic carbocycles. The molecule has 2 aromatic rings. The zero-order valence-corrected chi connectivity index (χ0v) is 18.7. The molecule has 0 saturated heterocycles. The molecule has 172 valence electrons. The van der Waals surface area contributed by atoms with Crippen molar-refractivity contribution in [3.05, 3.63) is 76.5 Å². The Morgan fingerprint density at radius 1 is 1.03 bits per heavy atom. The largest absolute Gasteiger partial charge is 0.493 e. The van der Waals surface area contributed by atoms with E-state index < -0.39 is 17.7 Å². The van der Waals surface area contributed by atoms with E-state index in [0.29, 0.717) is 53.3 Å². The van der Waals surface area contributed by atoms with Crippen molar-refractivity contribution >= 4 is 17.4 Å². The van der Waals surface area contributed by atoms with E-state index in [1.807, 2.05) is 0 Å². The third kappa shape index (κ3) is 3.82. The topological polar surface area (TPSA) is 91.1 Å². The van der Waals surface area contributed by atoms with Crippen LogP contribution < -0.4 is 20.1 Å². The zero-order chi connectivity index (χ0) is 23.7. The number of halogens is 1. The Morgan fingerprint density at radius 3 is 2.36 bits per heavy atom. The lowest BCUT2D eigenvalue weighted by Crippen LogP contribution is -2.40. The van der Waals surface area contributed by atoms with Crippen LogP contribution in [0.1, 0.15) is 30.7 Å². The predicted octanol–water partition coefficient (Wildman–Crippen LogP) is 3.80. The van der Waals surface area contributed by atoms with Crippen LogP contribution in [-0.2, 0) is 14.3 Å². The van der Waals surface area contributed by atoms with Crippen molar-refractivity contribution in [3.63, 3.8) is 0 Å². The second kappa shape index (κ2) is 8.97. The molecule has 0 saturated carbocycles. The first-order valence-electron chi connectivity index (χ1n) is 10.5. The fraction of sp³-hybridized carbons (Fsp3) is 0.280. The molecule has 33 heavy (non-hydrogen) atoms. The van der Waals surface area contributed by atoms with E-state index in [-0.39, 0.29) is 17.2 Å². The van der Waals surface area contributed by atoms with E-state index in [2.05, 4.69) is 0 Å². The summed E-state index contributed by atoms with van der Waals surface area (Å²) in [7, 11) is 4.31. The van der Waals surface area contributed by atoms with Crippen molar-refractivity contribution in [2.75, 3.05) is 26.2 Å². The van der Waals surface area contributed by atoms with Crippen LogP contribution in [0.15, 0.2) is 65.1 Å². The Kier molecular flexibility index (Phi) is 6.09. The van der Waals surface area contributed by atoms with E-state index in [4.69, 9.17) is 19.9 Å². The molecule has 8 heteroatoms. The minimum Gasteiger partial charge on any atom is -0.493 e. The summed E-state index contributed by atoms with van der Waals surface area (Å²) >= 11 is 0. The van der Waals surface area contributed by atoms with Gasteiger partial charge >= 0.3 is 5.97 Å². The first-order valence-corrected chi connectivity index (χ1v) is 10.5. The number of Topliss-reactive ketones (excluding diaryl/α,β-unsaturated/α-hetero) is 1. The van der Waals surface area contributed by atoms with Gasteiger partial charge in [-0.1, -0.05) is 6.07 Å². The van der Waals surface area contributed by atoms with Gasteiger partial charge in [0.25, 0.3) is 0 Å². The third-order valence-corrected chi connectivity index (χ3v) is 6.02. The van der Waals surface area contributed by atoms with Gasteiger partial charge in [-0.05, 0) is 54.8 Å². The first-order chi connectivity index (χ1) is 15.9. The summed E-state index contributed by atoms with van der Waals surface area (Å²) in [6.45, 7) is 0. The summed E-state index contributed by atoms with van der Waals surface area (Å²) in [6.07, 6.45) is 1.58. The van der Waals surface area contributed by atoms with E-state index in [1.165, 1.54) is 33.5 Å². The van der Waals surface area contributed by atoms with Crippen LogP contribution in [0.25, 0.3) is 0 Å². The zero-order valence-electron chi connectivity index (χ0n) is 18.7. The Hall–Kier alpha value is -3.81. The molecule has 0 radical (unpaired) electrons. The summed E-state index contributed by atoms with van der Waals surface area (Å²) in [5.41, 5.74) is 9.11. The minimum absolute atomic E-state index is 0.0722. The van der Waals surface area contributed by atoms with Crippen LogP contribution in [0.2, 0.25) is 0 Å². The predicted molar refractivity (Wildman–Crippen MR) is 120 cm³/mol. The Bertz CT molecular complexity index is 1170. The van der Waals surface area contributed by atoms with Crippen molar-refractivity contribution in [1.82, 2.24) is 0 Å². The Balaban J connectivity index is 1.99. The SMILES string of the molecule is COC(=O)C1=C(N)N(c2ccc(F)cc2)C2=C(C(=O)CCC2)C1c1ccc(OC)c(OC)c1. The molecule has 1 unspecified atom stereocenters. The highest BCUT2D eigenvalue weighted by atomic mass is 19.1. The highest BCUT2D eigenvalue weighted by Crippen LogP contribution is 2.47. The summed E-state index contributed by atoms with van der Waals surface area (Å²) in [6, 6.07) is 11.0. The standard InChI is InChI=1S/C25H25FN2O5/c1-31-19-12-7-14(13-20(19)32-2)21-22-17(5-4-6-18(22)29)28(16-10-8-15(26)9-11-16)24(27)23(21)25(30)33-3/h7-13,21H,4-6,27H2,1-3H3. The third-order valence-electron chi connectivity index (χ3n) is 6.02. The van der Waals surface area contributed by atoms with Crippen molar-refractivity contribution in [1.29, 1.82) is 0 Å². The van der Waals surface area contributed by atoms with Crippen LogP contribution in [0, 0.1) is 5.82 Å². The molecule has 4 rings (SSSR count). The number of anilines is 1. The number of rotatable bonds is 5. The number of methoxy groups -OCH3 is 3. The number of nitrogens with two attached hydrogens (primary N) is 1. The summed E-state index contributed by atoms with van der Waals surface area (Å²) < 4.78 is 29.5. The quantitative estimate of drug-likeness (QED) is 0.690. The van der Waals surface area contributed by atoms with Gasteiger partial charge in [-0.3, -0.25) is 9.69 Å². The van der Waals surface area contributed by atoms with Gasteiger partial charge in [-0.25, -0.2) is 9.18 Å². The smallest absolute Gasteiger partial charge is 0.338 e. The van der Waals surface area contributed by atoms with Crippen molar-refractivity contribution in [2.45, 2.75) is 25.2 Å². The number of hydrogen-bond acceptors (Lipinski definition) is 7. The molecule has 0 spiro atoms. The molecule has 0 amide bonds. The molecule has 2 aliphatic rings. The number of allylic oxidation sites excluding steroid dienone is 2. The lowest BCUT2D eigenvalue weighted by molar-refractivity contribution is -0.136. The maximum Gasteiger partial charge on any atom is 0.338 e. The highest BCUT2D eigenvalue weighted by Gasteiger charge is 2.43. The van der Waals surface area contributed by atoms with Gasteiger partial charge in [-0.15, -0.1) is 0 Å². The molecule has 0 fully saturated rings. The number of esters is 1. The monoisotopic (exact) mass is 452 g/mol. The Morgan fingerprint density at radius 2 is 1.73 bits per heavy atom. The number of nitrogens with zero attached hydrogens (tertiary/aromatic N) is 1. The maximum atomic E-state index is 13.6. The molecule has 2 aromatic carbocycles. The van der Waals surface area contributed by atoms with Crippen LogP contribution in [0.3, 0.4) is 0 Å². The summed E-state index contributed by atoms with van der Waals surface area (Å²) in [5, 5.41) is 0. The highest BCUT2D eigenvalue weighted by molar-refractivity contribution is 6.05. The van der Waals surface area contributed by atoms with Crippen molar-refractivity contribution in [2.24, 2.45) is 5.73 Å². The normalized spacial score (nSPS) is 18.2. The van der Waals surface area contributed by atoms with Gasteiger partial charge in [0.2, 0.25) is 0 Å². The van der Waals surface area contributed by atoms with Gasteiger partial charge < -0.3 is 19.9 Å². The van der Waals surface area contributed by atoms with Gasteiger partial charge in [-0.2, -0.15) is 0 Å². The molecular weight excluding hydrogens is 427 g/mol. The summed E-state index contributed by atoms with van der Waals surface area (Å²) in [4.78, 5) is 27.9. The molecule has 7 nitrogen and oxygen atoms in total. The molecule has 0 aromatic heterocycles. The van der Waals surface area contributed by atoms with Crippen molar-refractivity contribution in [3.8, 4) is 11.5 Å². The number of hydrogen-bond donors (Lipinski definition) is 1. The lowest BCUT2D eigenvalue weighted by Gasteiger charge is -2.40. The van der Waals surface area contributed by atoms with Gasteiger partial charge in [0.15, 0.2) is 17.3 Å². The van der Waals surface area contributed by atoms with Crippen LogP contribution in [-0.4, -0.2) is 33.1 Å². The maximum absolute atomic E-state index is 13.6. The number of benzene rings is 2. The molecule has 1 aliphatic heterocycles. The van der Waals surface area contributed by atoms with E-state index in [0.717, 1.165) is 0 Å². The fourth-order valence-electron chi connectivity index (χ4n) is 4.55. The van der Waals surface area contributed by atoms with Crippen LogP contribution >= 0.6 is 0 Å². The van der Waals surface area contributed by atoms with Crippen LogP contribution in [0.5, 0.6) is 11.5 Å². The van der Waals surface area contributed by atoms with E-state index in [1.54, 1.807) is 35.2 Å². The van der Waals surface area contributed by atoms with E-state index >= 15 is 0 Å². The lowest BCUT2D eigenvalue weighted by atomic mass is 9.75. The molecule has 0 bridgehead atoms. The molecule has 1 atom stereocenters. The molecular formula is C25H25FN2O5. The molecule has 2 N–H and O–H groups in total. The second-order valence-electron chi connectivity index (χ2n) is 7.79. The van der Waals surface area contributed by atoms with Gasteiger partial charge in [0, 0.05) is 23.4 Å². The summed E-state index contributed by atoms with van der Waals surface area (Å²) in [5.74, 6) is -0.738. The first kappa shape index (κ1) is 22.4. The number of carbonyl (C=O) groups is 2. The second-order valence-corrected chi connectivity index (χ2v) is 7.79. The number of ether oxygens (including phenoxy) is 3. The number of ketones is 1. The average molecular weight is 452 g/mol. The van der Waals surface area contributed by atoms with Gasteiger partial charge in [0.1, 0.15) is 11.6 Å².